The lowest BCUT2D eigenvalue weighted by molar-refractivity contribution is 0.143. The smallest absolute Gasteiger partial charge is 0.126 e. The van der Waals surface area contributed by atoms with Gasteiger partial charge in [0.2, 0.25) is 0 Å². The van der Waals surface area contributed by atoms with Crippen LogP contribution in [0.4, 0.5) is 0 Å². The highest BCUT2D eigenvalue weighted by Crippen LogP contribution is 2.23. The summed E-state index contributed by atoms with van der Waals surface area (Å²) in [6, 6.07) is 9.35. The second kappa shape index (κ2) is 7.33. The van der Waals surface area contributed by atoms with Gasteiger partial charge in [0, 0.05) is 11.5 Å². The number of benzene rings is 1. The lowest BCUT2D eigenvalue weighted by Crippen LogP contribution is -2.19. The number of hydrogen-bond acceptors (Lipinski definition) is 2. The van der Waals surface area contributed by atoms with E-state index in [4.69, 9.17) is 5.53 Å². The van der Waals surface area contributed by atoms with E-state index in [0.717, 1.165) is 18.4 Å². The Labute approximate surface area is 107 Å². The van der Waals surface area contributed by atoms with Crippen molar-refractivity contribution >= 4 is 0 Å². The van der Waals surface area contributed by atoms with Gasteiger partial charge in [0.05, 0.1) is 0 Å². The van der Waals surface area contributed by atoms with Gasteiger partial charge in [-0.05, 0) is 30.0 Å². The standard InChI is InChI=1S/C14H17N3O/c1-2-14(18,13-9-5-3-6-10-13)11-7-4-8-12-16-17-15/h2-3,5-7,9-11,18H,1,4,8,12H2/b11-7-. The van der Waals surface area contributed by atoms with Crippen molar-refractivity contribution in [1.82, 2.24) is 0 Å². The van der Waals surface area contributed by atoms with Crippen LogP contribution < -0.4 is 0 Å². The van der Waals surface area contributed by atoms with Crippen LogP contribution in [0, 0.1) is 0 Å². The zero-order chi connectivity index (χ0) is 13.3. The Balaban J connectivity index is 2.63. The number of azide groups is 1. The maximum absolute atomic E-state index is 10.4. The SMILES string of the molecule is C=CC(O)(/C=C\CCCN=[N+]=[N-])c1ccccc1. The van der Waals surface area contributed by atoms with Crippen molar-refractivity contribution in [2.24, 2.45) is 5.11 Å². The van der Waals surface area contributed by atoms with E-state index in [1.807, 2.05) is 36.4 Å². The summed E-state index contributed by atoms with van der Waals surface area (Å²) >= 11 is 0. The van der Waals surface area contributed by atoms with Crippen molar-refractivity contribution in [3.8, 4) is 0 Å². The Morgan fingerprint density at radius 1 is 1.39 bits per heavy atom. The van der Waals surface area contributed by atoms with E-state index < -0.39 is 5.60 Å². The van der Waals surface area contributed by atoms with Crippen LogP contribution in [0.3, 0.4) is 0 Å². The highest BCUT2D eigenvalue weighted by molar-refractivity contribution is 5.31. The minimum Gasteiger partial charge on any atom is -0.377 e. The fourth-order valence-corrected chi connectivity index (χ4v) is 1.57. The molecule has 0 saturated heterocycles. The Morgan fingerprint density at radius 3 is 2.72 bits per heavy atom. The fraction of sp³-hybridized carbons (Fsp3) is 0.286. The minimum absolute atomic E-state index is 0.471. The molecule has 0 aliphatic carbocycles. The summed E-state index contributed by atoms with van der Waals surface area (Å²) in [6.45, 7) is 4.14. The number of nitrogens with zero attached hydrogens (tertiary/aromatic N) is 3. The first-order valence-corrected chi connectivity index (χ1v) is 5.83. The predicted molar refractivity (Wildman–Crippen MR) is 72.9 cm³/mol. The van der Waals surface area contributed by atoms with Gasteiger partial charge in [-0.15, -0.1) is 0 Å². The van der Waals surface area contributed by atoms with Crippen molar-refractivity contribution in [3.63, 3.8) is 0 Å². The van der Waals surface area contributed by atoms with Gasteiger partial charge in [0.15, 0.2) is 0 Å². The first-order chi connectivity index (χ1) is 8.73. The van der Waals surface area contributed by atoms with Gasteiger partial charge < -0.3 is 5.11 Å². The molecular formula is C14H17N3O. The number of aliphatic hydroxyl groups is 1. The third-order valence-corrected chi connectivity index (χ3v) is 2.61. The molecule has 1 aromatic rings. The summed E-state index contributed by atoms with van der Waals surface area (Å²) in [6.07, 6.45) is 6.61. The number of hydrogen-bond donors (Lipinski definition) is 1. The van der Waals surface area contributed by atoms with Crippen LogP contribution in [-0.2, 0) is 5.60 Å². The maximum Gasteiger partial charge on any atom is 0.126 e. The van der Waals surface area contributed by atoms with Gasteiger partial charge in [-0.1, -0.05) is 54.2 Å². The average molecular weight is 243 g/mol. The number of unbranched alkanes of at least 4 members (excludes halogenated alkanes) is 1. The molecule has 0 aliphatic heterocycles. The highest BCUT2D eigenvalue weighted by Gasteiger charge is 2.20. The summed E-state index contributed by atoms with van der Waals surface area (Å²) in [5.41, 5.74) is 7.77. The molecule has 0 fully saturated rings. The quantitative estimate of drug-likeness (QED) is 0.256. The molecule has 0 aromatic heterocycles. The first kappa shape index (κ1) is 14.0. The molecule has 0 amide bonds. The summed E-state index contributed by atoms with van der Waals surface area (Å²) in [5.74, 6) is 0. The van der Waals surface area contributed by atoms with E-state index in [0.29, 0.717) is 6.54 Å². The Morgan fingerprint density at radius 2 is 2.11 bits per heavy atom. The van der Waals surface area contributed by atoms with E-state index in [-0.39, 0.29) is 0 Å². The summed E-state index contributed by atoms with van der Waals surface area (Å²) in [4.78, 5) is 2.68. The van der Waals surface area contributed by atoms with E-state index in [1.54, 1.807) is 6.08 Å². The van der Waals surface area contributed by atoms with Gasteiger partial charge in [-0.25, -0.2) is 0 Å². The molecule has 4 nitrogen and oxygen atoms in total. The molecule has 1 unspecified atom stereocenters. The zero-order valence-corrected chi connectivity index (χ0v) is 10.2. The number of allylic oxidation sites excluding steroid dienone is 1. The molecular weight excluding hydrogens is 226 g/mol. The third-order valence-electron chi connectivity index (χ3n) is 2.61. The van der Waals surface area contributed by atoms with Crippen molar-refractivity contribution in [2.75, 3.05) is 6.54 Å². The van der Waals surface area contributed by atoms with Crippen molar-refractivity contribution in [3.05, 3.63) is 71.1 Å². The Kier molecular flexibility index (Phi) is 5.71. The lowest BCUT2D eigenvalue weighted by Gasteiger charge is -2.20. The topological polar surface area (TPSA) is 69.0 Å². The molecule has 0 spiro atoms. The molecule has 18 heavy (non-hydrogen) atoms. The summed E-state index contributed by atoms with van der Waals surface area (Å²) < 4.78 is 0. The molecule has 0 aliphatic rings. The zero-order valence-electron chi connectivity index (χ0n) is 10.2. The van der Waals surface area contributed by atoms with E-state index in [2.05, 4.69) is 16.6 Å². The second-order valence-corrected chi connectivity index (χ2v) is 3.89. The average Bonchev–Trinajstić information content (AvgIpc) is 2.43. The normalized spacial score (nSPS) is 13.8. The largest absolute Gasteiger partial charge is 0.377 e. The highest BCUT2D eigenvalue weighted by atomic mass is 16.3. The van der Waals surface area contributed by atoms with Gasteiger partial charge >= 0.3 is 0 Å². The monoisotopic (exact) mass is 243 g/mol. The molecule has 94 valence electrons. The van der Waals surface area contributed by atoms with Crippen molar-refractivity contribution < 1.29 is 5.11 Å². The molecule has 0 bridgehead atoms. The molecule has 1 atom stereocenters. The predicted octanol–water partition coefficient (Wildman–Crippen LogP) is 3.71. The molecule has 4 heteroatoms. The van der Waals surface area contributed by atoms with Crippen LogP contribution >= 0.6 is 0 Å². The summed E-state index contributed by atoms with van der Waals surface area (Å²) in [7, 11) is 0. The molecule has 1 N–H and O–H groups in total. The van der Waals surface area contributed by atoms with Crippen LogP contribution in [0.25, 0.3) is 10.4 Å². The van der Waals surface area contributed by atoms with Gasteiger partial charge in [0.1, 0.15) is 5.60 Å². The fourth-order valence-electron chi connectivity index (χ4n) is 1.57. The Bertz CT molecular complexity index is 449. The van der Waals surface area contributed by atoms with E-state index in [1.165, 1.54) is 6.08 Å². The van der Waals surface area contributed by atoms with Crippen LogP contribution in [0.2, 0.25) is 0 Å². The molecule has 0 heterocycles. The molecule has 1 aromatic carbocycles. The van der Waals surface area contributed by atoms with E-state index >= 15 is 0 Å². The summed E-state index contributed by atoms with van der Waals surface area (Å²) in [5, 5.41) is 13.9. The number of rotatable bonds is 7. The Hall–Kier alpha value is -2.03. The molecule has 0 saturated carbocycles. The van der Waals surface area contributed by atoms with Crippen molar-refractivity contribution in [2.45, 2.75) is 18.4 Å². The van der Waals surface area contributed by atoms with Crippen LogP contribution in [0.5, 0.6) is 0 Å². The third kappa shape index (κ3) is 4.09. The molecule has 0 radical (unpaired) electrons. The lowest BCUT2D eigenvalue weighted by atomic mass is 9.93. The van der Waals surface area contributed by atoms with Gasteiger partial charge in [-0.2, -0.15) is 0 Å². The molecule has 1 rings (SSSR count). The first-order valence-electron chi connectivity index (χ1n) is 5.83. The van der Waals surface area contributed by atoms with Gasteiger partial charge in [-0.3, -0.25) is 0 Å². The van der Waals surface area contributed by atoms with Crippen LogP contribution in [0.1, 0.15) is 18.4 Å². The second-order valence-electron chi connectivity index (χ2n) is 3.89. The maximum atomic E-state index is 10.4. The van der Waals surface area contributed by atoms with Crippen LogP contribution in [0.15, 0.2) is 60.3 Å². The van der Waals surface area contributed by atoms with Crippen LogP contribution in [-0.4, -0.2) is 11.7 Å². The minimum atomic E-state index is -1.14. The van der Waals surface area contributed by atoms with E-state index in [9.17, 15) is 5.11 Å². The van der Waals surface area contributed by atoms with Gasteiger partial charge in [0.25, 0.3) is 0 Å². The van der Waals surface area contributed by atoms with Crippen molar-refractivity contribution in [1.29, 1.82) is 0 Å².